The van der Waals surface area contributed by atoms with Crippen molar-refractivity contribution in [3.8, 4) is 5.75 Å². The maximum absolute atomic E-state index is 12.6. The molecular weight excluding hydrogens is 442 g/mol. The molecule has 6 nitrogen and oxygen atoms in total. The van der Waals surface area contributed by atoms with Crippen LogP contribution in [-0.4, -0.2) is 63.4 Å². The average Bonchev–Trinajstić information content (AvgIpc) is 3.27. The third-order valence-corrected chi connectivity index (χ3v) is 9.23. The summed E-state index contributed by atoms with van der Waals surface area (Å²) >= 11 is 1.79. The Labute approximate surface area is 193 Å². The number of nitrogens with zero attached hydrogens (tertiary/aromatic N) is 3. The van der Waals surface area contributed by atoms with Crippen LogP contribution in [0, 0.1) is 0 Å². The van der Waals surface area contributed by atoms with E-state index in [9.17, 15) is 13.5 Å². The summed E-state index contributed by atoms with van der Waals surface area (Å²) in [5, 5.41) is 13.3. The largest absolute Gasteiger partial charge is 0.508 e. The fourth-order valence-electron chi connectivity index (χ4n) is 4.81. The number of phenolic OH excluding ortho intramolecular Hbond substituents is 1. The Morgan fingerprint density at radius 3 is 2.59 bits per heavy atom. The van der Waals surface area contributed by atoms with Crippen LogP contribution in [-0.2, 0) is 16.4 Å². The van der Waals surface area contributed by atoms with Gasteiger partial charge in [-0.2, -0.15) is 0 Å². The minimum atomic E-state index is -3.31. The molecule has 0 aliphatic carbocycles. The first kappa shape index (κ1) is 21.6. The van der Waals surface area contributed by atoms with Gasteiger partial charge < -0.3 is 10.0 Å². The van der Waals surface area contributed by atoms with Crippen LogP contribution in [0.25, 0.3) is 10.1 Å². The molecule has 5 rings (SSSR count). The maximum atomic E-state index is 12.6. The van der Waals surface area contributed by atoms with Crippen molar-refractivity contribution in [2.45, 2.75) is 19.3 Å². The van der Waals surface area contributed by atoms with Gasteiger partial charge in [-0.15, -0.1) is 11.3 Å². The number of rotatable bonds is 6. The quantitative estimate of drug-likeness (QED) is 0.553. The summed E-state index contributed by atoms with van der Waals surface area (Å²) in [6.07, 6.45) is 2.28. The molecule has 2 aliphatic rings. The second-order valence-corrected chi connectivity index (χ2v) is 11.6. The highest BCUT2D eigenvalue weighted by Crippen LogP contribution is 2.33. The summed E-state index contributed by atoms with van der Waals surface area (Å²) in [5.41, 5.74) is 2.97. The summed E-state index contributed by atoms with van der Waals surface area (Å²) in [6.45, 7) is 5.54. The van der Waals surface area contributed by atoms with Crippen LogP contribution in [0.2, 0.25) is 0 Å². The van der Waals surface area contributed by atoms with Crippen LogP contribution < -0.4 is 9.21 Å². The van der Waals surface area contributed by atoms with E-state index in [1.54, 1.807) is 23.5 Å². The molecule has 0 radical (unpaired) electrons. The second-order valence-electron chi connectivity index (χ2n) is 8.60. The first-order chi connectivity index (χ1) is 15.5. The Morgan fingerprint density at radius 1 is 0.938 bits per heavy atom. The van der Waals surface area contributed by atoms with Crippen molar-refractivity contribution in [3.05, 3.63) is 53.4 Å². The third kappa shape index (κ3) is 4.31. The lowest BCUT2D eigenvalue weighted by atomic mass is 10.1. The number of hydrogen-bond acceptors (Lipinski definition) is 6. The second kappa shape index (κ2) is 8.92. The molecule has 0 unspecified atom stereocenters. The van der Waals surface area contributed by atoms with Gasteiger partial charge in [-0.1, -0.05) is 12.1 Å². The van der Waals surface area contributed by atoms with Gasteiger partial charge in [-0.05, 0) is 61.0 Å². The van der Waals surface area contributed by atoms with E-state index in [4.69, 9.17) is 0 Å². The average molecular weight is 472 g/mol. The van der Waals surface area contributed by atoms with Crippen LogP contribution in [0.1, 0.15) is 18.4 Å². The van der Waals surface area contributed by atoms with E-state index >= 15 is 0 Å². The van der Waals surface area contributed by atoms with Crippen molar-refractivity contribution in [2.24, 2.45) is 0 Å². The number of thiophene rings is 1. The first-order valence-electron chi connectivity index (χ1n) is 11.3. The molecule has 0 atom stereocenters. The molecular formula is C24H29N3O3S2. The minimum Gasteiger partial charge on any atom is -0.508 e. The zero-order valence-corrected chi connectivity index (χ0v) is 19.7. The highest BCUT2D eigenvalue weighted by Gasteiger charge is 2.29. The Hall–Kier alpha value is -2.29. The lowest BCUT2D eigenvalue weighted by Crippen LogP contribution is -2.46. The Kier molecular flexibility index (Phi) is 6.01. The third-order valence-electron chi connectivity index (χ3n) is 6.57. The molecule has 32 heavy (non-hydrogen) atoms. The minimum absolute atomic E-state index is 0.113. The number of anilines is 2. The highest BCUT2D eigenvalue weighted by atomic mass is 32.2. The molecule has 0 spiro atoms. The number of piperazine rings is 1. The van der Waals surface area contributed by atoms with Gasteiger partial charge in [0, 0.05) is 54.6 Å². The first-order valence-corrected chi connectivity index (χ1v) is 13.8. The van der Waals surface area contributed by atoms with Crippen molar-refractivity contribution in [1.82, 2.24) is 4.90 Å². The fourth-order valence-corrected chi connectivity index (χ4v) is 7.19. The molecule has 1 saturated heterocycles. The maximum Gasteiger partial charge on any atom is 0.235 e. The van der Waals surface area contributed by atoms with E-state index in [1.165, 1.54) is 20.1 Å². The molecule has 8 heteroatoms. The van der Waals surface area contributed by atoms with Crippen LogP contribution in [0.4, 0.5) is 11.4 Å². The number of aromatic hydroxyl groups is 1. The Balaban J connectivity index is 1.13. The lowest BCUT2D eigenvalue weighted by molar-refractivity contribution is 0.253. The molecule has 0 bridgehead atoms. The van der Waals surface area contributed by atoms with E-state index in [1.807, 2.05) is 6.07 Å². The van der Waals surface area contributed by atoms with Crippen LogP contribution >= 0.6 is 11.3 Å². The molecule has 2 aliphatic heterocycles. The zero-order valence-electron chi connectivity index (χ0n) is 18.1. The summed E-state index contributed by atoms with van der Waals surface area (Å²) in [6, 6.07) is 13.8. The van der Waals surface area contributed by atoms with Crippen LogP contribution in [0.5, 0.6) is 5.75 Å². The van der Waals surface area contributed by atoms with Gasteiger partial charge in [0.1, 0.15) is 5.75 Å². The van der Waals surface area contributed by atoms with Gasteiger partial charge in [-0.3, -0.25) is 9.21 Å². The number of fused-ring (bicyclic) bond motifs is 2. The number of sulfonamides is 1. The van der Waals surface area contributed by atoms with Gasteiger partial charge in [-0.25, -0.2) is 8.42 Å². The van der Waals surface area contributed by atoms with E-state index in [2.05, 4.69) is 39.4 Å². The zero-order chi connectivity index (χ0) is 22.1. The highest BCUT2D eigenvalue weighted by molar-refractivity contribution is 7.92. The molecule has 0 amide bonds. The van der Waals surface area contributed by atoms with E-state index in [-0.39, 0.29) is 11.5 Å². The standard InChI is InChI=1S/C24H29N3O3S2/c28-20-7-6-19-9-17-32(29,30)27(23(19)18-20)11-2-1-10-25-12-14-26(15-13-25)22-4-3-5-24-21(22)8-16-31-24/h3-8,16,18,28H,1-2,9-15,17H2. The molecule has 3 aromatic rings. The normalized spacial score (nSPS) is 18.8. The van der Waals surface area contributed by atoms with Crippen molar-refractivity contribution < 1.29 is 13.5 Å². The summed E-state index contributed by atoms with van der Waals surface area (Å²) in [5.74, 6) is 0.255. The molecule has 3 heterocycles. The van der Waals surface area contributed by atoms with E-state index < -0.39 is 10.0 Å². The number of phenols is 1. The number of aryl methyl sites for hydroxylation is 1. The molecule has 0 saturated carbocycles. The predicted molar refractivity (Wildman–Crippen MR) is 133 cm³/mol. The summed E-state index contributed by atoms with van der Waals surface area (Å²) in [4.78, 5) is 4.96. The molecule has 1 aromatic heterocycles. The molecule has 170 valence electrons. The van der Waals surface area contributed by atoms with Crippen molar-refractivity contribution in [1.29, 1.82) is 0 Å². The van der Waals surface area contributed by atoms with Gasteiger partial charge in [0.05, 0.1) is 11.4 Å². The Bertz CT molecular complexity index is 1200. The fraction of sp³-hybridized carbons (Fsp3) is 0.417. The topological polar surface area (TPSA) is 64.1 Å². The molecule has 2 aromatic carbocycles. The SMILES string of the molecule is O=S1(=O)CCc2ccc(O)cc2N1CCCCN1CCN(c2cccc3sccc23)CC1. The number of hydrogen-bond donors (Lipinski definition) is 1. The van der Waals surface area contributed by atoms with Crippen LogP contribution in [0.3, 0.4) is 0 Å². The monoisotopic (exact) mass is 471 g/mol. The summed E-state index contributed by atoms with van der Waals surface area (Å²) < 4.78 is 28.1. The van der Waals surface area contributed by atoms with Gasteiger partial charge in [0.25, 0.3) is 0 Å². The smallest absolute Gasteiger partial charge is 0.235 e. The summed E-state index contributed by atoms with van der Waals surface area (Å²) in [7, 11) is -3.31. The van der Waals surface area contributed by atoms with Crippen molar-refractivity contribution >= 4 is 42.8 Å². The molecule has 1 fully saturated rings. The van der Waals surface area contributed by atoms with Gasteiger partial charge in [0.2, 0.25) is 10.0 Å². The lowest BCUT2D eigenvalue weighted by Gasteiger charge is -2.36. The number of benzene rings is 2. The Morgan fingerprint density at radius 2 is 1.75 bits per heavy atom. The van der Waals surface area contributed by atoms with Crippen molar-refractivity contribution in [3.63, 3.8) is 0 Å². The van der Waals surface area contributed by atoms with Gasteiger partial charge in [0.15, 0.2) is 0 Å². The number of unbranched alkanes of at least 4 members (excludes halogenated alkanes) is 1. The van der Waals surface area contributed by atoms with Gasteiger partial charge >= 0.3 is 0 Å². The van der Waals surface area contributed by atoms with Crippen LogP contribution in [0.15, 0.2) is 47.8 Å². The van der Waals surface area contributed by atoms with E-state index in [0.29, 0.717) is 18.7 Å². The van der Waals surface area contributed by atoms with E-state index in [0.717, 1.165) is 51.1 Å². The van der Waals surface area contributed by atoms with Crippen molar-refractivity contribution in [2.75, 3.05) is 54.2 Å². The molecule has 1 N–H and O–H groups in total. The predicted octanol–water partition coefficient (Wildman–Crippen LogP) is 3.90.